The van der Waals surface area contributed by atoms with Crippen molar-refractivity contribution in [3.8, 4) is 11.5 Å². The monoisotopic (exact) mass is 360 g/mol. The summed E-state index contributed by atoms with van der Waals surface area (Å²) in [4.78, 5) is 13.0. The van der Waals surface area contributed by atoms with E-state index >= 15 is 0 Å². The van der Waals surface area contributed by atoms with Gasteiger partial charge in [0.2, 0.25) is 0 Å². The summed E-state index contributed by atoms with van der Waals surface area (Å²) in [5.41, 5.74) is 1.28. The fraction of sp³-hybridized carbons (Fsp3) is 0.579. The van der Waals surface area contributed by atoms with Crippen molar-refractivity contribution in [2.45, 2.75) is 45.9 Å². The molecule has 0 fully saturated rings. The molecular weight excluding hydrogens is 332 g/mol. The van der Waals surface area contributed by atoms with E-state index < -0.39 is 6.10 Å². The Morgan fingerprint density at radius 3 is 2.65 bits per heavy atom. The molecule has 142 valence electrons. The highest BCUT2D eigenvalue weighted by molar-refractivity contribution is 6.12. The van der Waals surface area contributed by atoms with Crippen LogP contribution in [0.1, 0.15) is 33.3 Å². The zero-order chi connectivity index (χ0) is 18.8. The lowest BCUT2D eigenvalue weighted by Crippen LogP contribution is -2.43. The molecule has 1 atom stereocenters. The van der Waals surface area contributed by atoms with Gasteiger partial charge in [0.1, 0.15) is 24.2 Å². The first kappa shape index (κ1) is 18.7. The van der Waals surface area contributed by atoms with Crippen LogP contribution in [0.25, 0.3) is 0 Å². The van der Waals surface area contributed by atoms with Gasteiger partial charge >= 0.3 is 0 Å². The van der Waals surface area contributed by atoms with Crippen LogP contribution >= 0.6 is 0 Å². The quantitative estimate of drug-likeness (QED) is 0.777. The molecule has 0 bridgehead atoms. The van der Waals surface area contributed by atoms with Gasteiger partial charge in [-0.15, -0.1) is 0 Å². The maximum atomic E-state index is 10.5. The number of phenols is 1. The number of fused-ring (bicyclic) bond motifs is 3. The normalized spacial score (nSPS) is 16.9. The molecule has 1 aromatic carbocycles. The average molecular weight is 360 g/mol. The zero-order valence-electron chi connectivity index (χ0n) is 15.9. The van der Waals surface area contributed by atoms with Gasteiger partial charge in [-0.1, -0.05) is 0 Å². The highest BCUT2D eigenvalue weighted by atomic mass is 16.5. The minimum atomic E-state index is -0.645. The predicted octanol–water partition coefficient (Wildman–Crippen LogP) is 1.99. The van der Waals surface area contributed by atoms with E-state index in [0.29, 0.717) is 30.1 Å². The van der Waals surface area contributed by atoms with Crippen molar-refractivity contribution < 1.29 is 14.9 Å². The lowest BCUT2D eigenvalue weighted by Gasteiger charge is -2.32. The Hall–Kier alpha value is -2.12. The highest BCUT2D eigenvalue weighted by Crippen LogP contribution is 2.41. The first-order valence-electron chi connectivity index (χ1n) is 9.16. The summed E-state index contributed by atoms with van der Waals surface area (Å²) in [5, 5.41) is 20.8. The molecule has 2 N–H and O–H groups in total. The summed E-state index contributed by atoms with van der Waals surface area (Å²) in [6.45, 7) is 10.6. The number of rotatable bonds is 7. The minimum absolute atomic E-state index is 0.00947. The van der Waals surface area contributed by atoms with Crippen molar-refractivity contribution in [2.24, 2.45) is 9.98 Å². The second-order valence-electron chi connectivity index (χ2n) is 7.30. The number of ether oxygens (including phenoxy) is 1. The van der Waals surface area contributed by atoms with Gasteiger partial charge in [0.05, 0.1) is 12.9 Å². The molecular formula is C19H28N4O3. The van der Waals surface area contributed by atoms with E-state index in [2.05, 4.69) is 42.6 Å². The summed E-state index contributed by atoms with van der Waals surface area (Å²) in [7, 11) is 0. The number of aliphatic imine (C=N–C) groups is 2. The number of nitrogens with zero attached hydrogens (tertiary/aromatic N) is 4. The van der Waals surface area contributed by atoms with Crippen LogP contribution in [-0.4, -0.2) is 76.6 Å². The van der Waals surface area contributed by atoms with E-state index in [4.69, 9.17) is 4.74 Å². The van der Waals surface area contributed by atoms with E-state index in [-0.39, 0.29) is 12.4 Å². The fourth-order valence-electron chi connectivity index (χ4n) is 3.43. The molecule has 26 heavy (non-hydrogen) atoms. The van der Waals surface area contributed by atoms with E-state index in [1.54, 1.807) is 12.4 Å². The third-order valence-electron chi connectivity index (χ3n) is 4.74. The Morgan fingerprint density at radius 2 is 1.96 bits per heavy atom. The molecule has 3 rings (SSSR count). The van der Waals surface area contributed by atoms with Gasteiger partial charge in [0.15, 0.2) is 11.5 Å². The van der Waals surface area contributed by atoms with Gasteiger partial charge < -0.3 is 19.8 Å². The third-order valence-corrected chi connectivity index (χ3v) is 4.74. The van der Waals surface area contributed by atoms with Crippen LogP contribution < -0.4 is 4.74 Å². The van der Waals surface area contributed by atoms with Crippen LogP contribution in [0, 0.1) is 0 Å². The summed E-state index contributed by atoms with van der Waals surface area (Å²) in [6.07, 6.45) is 1.05. The van der Waals surface area contributed by atoms with Crippen molar-refractivity contribution in [2.75, 3.05) is 26.2 Å². The lowest BCUT2D eigenvalue weighted by atomic mass is 10.1. The summed E-state index contributed by atoms with van der Waals surface area (Å²) < 4.78 is 5.68. The van der Waals surface area contributed by atoms with Gasteiger partial charge in [-0.3, -0.25) is 9.89 Å². The number of aromatic hydroxyl groups is 1. The molecule has 7 heteroatoms. The van der Waals surface area contributed by atoms with Crippen molar-refractivity contribution in [1.82, 2.24) is 9.80 Å². The number of aliphatic hydroxyl groups excluding tert-OH is 1. The Kier molecular flexibility index (Phi) is 5.48. The molecule has 2 heterocycles. The first-order chi connectivity index (χ1) is 12.4. The Morgan fingerprint density at radius 1 is 1.23 bits per heavy atom. The van der Waals surface area contributed by atoms with Crippen LogP contribution in [0.2, 0.25) is 0 Å². The van der Waals surface area contributed by atoms with Crippen LogP contribution in [0.4, 0.5) is 5.69 Å². The molecule has 0 amide bonds. The van der Waals surface area contributed by atoms with Crippen LogP contribution in [0.3, 0.4) is 0 Å². The summed E-state index contributed by atoms with van der Waals surface area (Å²) in [5.74, 6) is 1.15. The van der Waals surface area contributed by atoms with Crippen molar-refractivity contribution >= 4 is 17.9 Å². The Labute approximate surface area is 154 Å². The molecule has 2 aliphatic heterocycles. The number of aliphatic hydroxyl groups is 1. The minimum Gasteiger partial charge on any atom is -0.503 e. The highest BCUT2D eigenvalue weighted by Gasteiger charge is 2.27. The topological polar surface area (TPSA) is 80.9 Å². The smallest absolute Gasteiger partial charge is 0.184 e. The van der Waals surface area contributed by atoms with Crippen LogP contribution in [0.5, 0.6) is 11.5 Å². The fourth-order valence-corrected chi connectivity index (χ4v) is 3.43. The lowest BCUT2D eigenvalue weighted by molar-refractivity contribution is 0.0439. The molecule has 2 aliphatic rings. The van der Waals surface area contributed by atoms with E-state index in [9.17, 15) is 10.2 Å². The number of hydrogen-bond donors (Lipinski definition) is 2. The molecule has 0 radical (unpaired) electrons. The first-order valence-corrected chi connectivity index (χ1v) is 9.16. The number of benzene rings is 1. The number of hydrogen-bond acceptors (Lipinski definition) is 7. The molecule has 1 aromatic rings. The van der Waals surface area contributed by atoms with Crippen molar-refractivity contribution in [1.29, 1.82) is 0 Å². The molecule has 0 unspecified atom stereocenters. The molecule has 0 aliphatic carbocycles. The van der Waals surface area contributed by atoms with Gasteiger partial charge in [0, 0.05) is 30.7 Å². The second-order valence-corrected chi connectivity index (χ2v) is 7.30. The SMILES string of the molecule is CC(C)N(C[C@@H](O)COc1ccc2c(c1O)N=CN1CCN=C21)C(C)C. The predicted molar refractivity (Wildman–Crippen MR) is 103 cm³/mol. The van der Waals surface area contributed by atoms with Gasteiger partial charge in [-0.25, -0.2) is 4.99 Å². The van der Waals surface area contributed by atoms with E-state index in [1.807, 2.05) is 11.0 Å². The molecule has 0 aromatic heterocycles. The number of amidine groups is 1. The van der Waals surface area contributed by atoms with Crippen molar-refractivity contribution in [3.05, 3.63) is 17.7 Å². The van der Waals surface area contributed by atoms with E-state index in [1.165, 1.54) is 0 Å². The second kappa shape index (κ2) is 7.63. The van der Waals surface area contributed by atoms with Crippen molar-refractivity contribution in [3.63, 3.8) is 0 Å². The zero-order valence-corrected chi connectivity index (χ0v) is 15.9. The Balaban J connectivity index is 1.68. The maximum Gasteiger partial charge on any atom is 0.184 e. The third kappa shape index (κ3) is 3.68. The van der Waals surface area contributed by atoms with E-state index in [0.717, 1.165) is 24.5 Å². The summed E-state index contributed by atoms with van der Waals surface area (Å²) in [6, 6.07) is 4.25. The Bertz CT molecular complexity index is 707. The standard InChI is InChI=1S/C19H28N4O3/c1-12(2)23(13(3)4)9-14(24)10-26-16-6-5-15-17(18(16)25)21-11-22-8-7-20-19(15)22/h5-6,11-14,24-25H,7-10H2,1-4H3/t14-/m1/s1. The van der Waals surface area contributed by atoms with Gasteiger partial charge in [-0.05, 0) is 39.8 Å². The summed E-state index contributed by atoms with van der Waals surface area (Å²) >= 11 is 0. The molecule has 0 saturated heterocycles. The van der Waals surface area contributed by atoms with Gasteiger partial charge in [0.25, 0.3) is 0 Å². The van der Waals surface area contributed by atoms with Crippen LogP contribution in [-0.2, 0) is 0 Å². The maximum absolute atomic E-state index is 10.5. The molecule has 7 nitrogen and oxygen atoms in total. The number of phenolic OH excluding ortho intramolecular Hbond substituents is 1. The average Bonchev–Trinajstić information content (AvgIpc) is 3.07. The van der Waals surface area contributed by atoms with Crippen LogP contribution in [0.15, 0.2) is 22.1 Å². The largest absolute Gasteiger partial charge is 0.503 e. The van der Waals surface area contributed by atoms with Gasteiger partial charge in [-0.2, -0.15) is 0 Å². The molecule has 0 spiro atoms. The molecule has 0 saturated carbocycles.